The maximum Gasteiger partial charge on any atom is 0.313 e. The third-order valence-corrected chi connectivity index (χ3v) is 2.35. The number of nitro benzene ring substituents is 1. The molecule has 0 saturated carbocycles. The zero-order valence-corrected chi connectivity index (χ0v) is 11.3. The zero-order chi connectivity index (χ0) is 15.1. The van der Waals surface area contributed by atoms with Crippen molar-refractivity contribution >= 4 is 17.4 Å². The molecule has 7 heteroatoms. The van der Waals surface area contributed by atoms with Crippen LogP contribution < -0.4 is 4.74 Å². The van der Waals surface area contributed by atoms with Crippen molar-refractivity contribution in [3.05, 3.63) is 33.9 Å². The lowest BCUT2D eigenvalue weighted by Crippen LogP contribution is -2.17. The van der Waals surface area contributed by atoms with E-state index in [1.165, 1.54) is 12.1 Å². The average molecular weight is 281 g/mol. The molecule has 0 heterocycles. The molecule has 0 aliphatic rings. The lowest BCUT2D eigenvalue weighted by Gasteiger charge is -2.06. The molecule has 0 fully saturated rings. The Labute approximate surface area is 115 Å². The van der Waals surface area contributed by atoms with Crippen LogP contribution >= 0.6 is 0 Å². The van der Waals surface area contributed by atoms with Gasteiger partial charge in [-0.3, -0.25) is 19.7 Å². The molecule has 20 heavy (non-hydrogen) atoms. The molecule has 0 radical (unpaired) electrons. The van der Waals surface area contributed by atoms with Gasteiger partial charge in [0.05, 0.1) is 11.5 Å². The number of carbonyl (C=O) groups is 2. The van der Waals surface area contributed by atoms with Gasteiger partial charge in [0.2, 0.25) is 0 Å². The van der Waals surface area contributed by atoms with Crippen LogP contribution in [0.5, 0.6) is 5.75 Å². The minimum Gasteiger partial charge on any atom is -0.479 e. The van der Waals surface area contributed by atoms with Gasteiger partial charge in [0.15, 0.2) is 11.5 Å². The topological polar surface area (TPSA) is 95.7 Å². The van der Waals surface area contributed by atoms with Crippen LogP contribution in [0.3, 0.4) is 0 Å². The van der Waals surface area contributed by atoms with Crippen molar-refractivity contribution in [2.75, 3.05) is 13.2 Å². The molecule has 1 rings (SSSR count). The predicted molar refractivity (Wildman–Crippen MR) is 69.6 cm³/mol. The quantitative estimate of drug-likeness (QED) is 0.327. The molecule has 0 aliphatic heterocycles. The summed E-state index contributed by atoms with van der Waals surface area (Å²) in [6, 6.07) is 4.41. The zero-order valence-electron chi connectivity index (χ0n) is 11.3. The largest absolute Gasteiger partial charge is 0.479 e. The second-order valence-corrected chi connectivity index (χ2v) is 4.04. The number of esters is 1. The Kier molecular flexibility index (Phi) is 5.64. The van der Waals surface area contributed by atoms with E-state index in [2.05, 4.69) is 4.74 Å². The van der Waals surface area contributed by atoms with Gasteiger partial charge in [-0.25, -0.2) is 0 Å². The van der Waals surface area contributed by atoms with Crippen molar-refractivity contribution in [3.8, 4) is 5.75 Å². The van der Waals surface area contributed by atoms with E-state index in [1.54, 1.807) is 19.9 Å². The van der Waals surface area contributed by atoms with Crippen LogP contribution in [-0.4, -0.2) is 29.9 Å². The van der Waals surface area contributed by atoms with Crippen LogP contribution in [0.4, 0.5) is 5.69 Å². The summed E-state index contributed by atoms with van der Waals surface area (Å²) >= 11 is 0. The smallest absolute Gasteiger partial charge is 0.313 e. The second-order valence-electron chi connectivity index (χ2n) is 4.04. The highest BCUT2D eigenvalue weighted by Gasteiger charge is 2.17. The van der Waals surface area contributed by atoms with Crippen molar-refractivity contribution in [3.63, 3.8) is 0 Å². The first-order valence-electron chi connectivity index (χ1n) is 5.99. The summed E-state index contributed by atoms with van der Waals surface area (Å²) in [6.07, 6.45) is -0.409. The predicted octanol–water partition coefficient (Wildman–Crippen LogP) is 1.80. The number of ether oxygens (including phenoxy) is 2. The first kappa shape index (κ1) is 15.6. The number of hydrogen-bond acceptors (Lipinski definition) is 6. The Morgan fingerprint density at radius 2 is 2.05 bits per heavy atom. The van der Waals surface area contributed by atoms with E-state index in [0.717, 1.165) is 0 Å². The van der Waals surface area contributed by atoms with E-state index in [1.807, 2.05) is 0 Å². The van der Waals surface area contributed by atoms with Crippen molar-refractivity contribution in [1.82, 2.24) is 0 Å². The maximum atomic E-state index is 11.5. The molecular weight excluding hydrogens is 266 g/mol. The lowest BCUT2D eigenvalue weighted by molar-refractivity contribution is -0.385. The van der Waals surface area contributed by atoms with Crippen molar-refractivity contribution in [2.45, 2.75) is 20.3 Å². The normalized spacial score (nSPS) is 9.90. The summed E-state index contributed by atoms with van der Waals surface area (Å²) in [5, 5.41) is 10.8. The molecular formula is C13H15NO6. The molecule has 7 nitrogen and oxygen atoms in total. The molecule has 0 spiro atoms. The van der Waals surface area contributed by atoms with Crippen LogP contribution in [0.2, 0.25) is 0 Å². The van der Waals surface area contributed by atoms with Crippen molar-refractivity contribution in [1.29, 1.82) is 0 Å². The van der Waals surface area contributed by atoms with Gasteiger partial charge < -0.3 is 9.47 Å². The summed E-state index contributed by atoms with van der Waals surface area (Å²) in [6.45, 7) is 3.12. The van der Waals surface area contributed by atoms with Gasteiger partial charge in [-0.1, -0.05) is 6.07 Å². The summed E-state index contributed by atoms with van der Waals surface area (Å²) < 4.78 is 9.71. The highest BCUT2D eigenvalue weighted by Crippen LogP contribution is 2.27. The number of nitrogens with zero attached hydrogens (tertiary/aromatic N) is 1. The number of ketones is 1. The summed E-state index contributed by atoms with van der Waals surface area (Å²) in [7, 11) is 0. The first-order valence-corrected chi connectivity index (χ1v) is 5.99. The van der Waals surface area contributed by atoms with Crippen LogP contribution in [0, 0.1) is 17.0 Å². The number of benzene rings is 1. The van der Waals surface area contributed by atoms with Gasteiger partial charge in [-0.15, -0.1) is 0 Å². The molecule has 1 aromatic carbocycles. The van der Waals surface area contributed by atoms with Gasteiger partial charge >= 0.3 is 11.7 Å². The fourth-order valence-corrected chi connectivity index (χ4v) is 1.47. The molecule has 0 amide bonds. The van der Waals surface area contributed by atoms with E-state index >= 15 is 0 Å². The number of aryl methyl sites for hydroxylation is 1. The maximum absolute atomic E-state index is 11.5. The van der Waals surface area contributed by atoms with Gasteiger partial charge in [-0.2, -0.15) is 0 Å². The number of carbonyl (C=O) groups excluding carboxylic acids is 2. The molecule has 0 N–H and O–H groups in total. The fourth-order valence-electron chi connectivity index (χ4n) is 1.47. The van der Waals surface area contributed by atoms with Gasteiger partial charge in [0.1, 0.15) is 13.0 Å². The fraction of sp³-hybridized carbons (Fsp3) is 0.385. The molecule has 108 valence electrons. The molecule has 0 unspecified atom stereocenters. The molecule has 0 aromatic heterocycles. The van der Waals surface area contributed by atoms with E-state index in [4.69, 9.17) is 4.74 Å². The number of rotatable bonds is 7. The van der Waals surface area contributed by atoms with Crippen LogP contribution in [0.1, 0.15) is 18.9 Å². The molecule has 0 atom stereocenters. The molecule has 0 aliphatic carbocycles. The highest BCUT2D eigenvalue weighted by molar-refractivity contribution is 5.96. The summed E-state index contributed by atoms with van der Waals surface area (Å²) in [5.41, 5.74) is 0.496. The number of nitro groups is 1. The third kappa shape index (κ3) is 4.68. The summed E-state index contributed by atoms with van der Waals surface area (Å²) in [5.74, 6) is -1.14. The van der Waals surface area contributed by atoms with E-state index < -0.39 is 29.7 Å². The standard InChI is InChI=1S/C13H15NO6/c1-3-19-13(16)7-10(15)8-20-12-5-4-9(2)6-11(12)14(17)18/h4-6H,3,7-8H2,1-2H3. The highest BCUT2D eigenvalue weighted by atomic mass is 16.6. The number of Topliss-reactive ketones (excluding diaryl/α,β-unsaturated/α-hetero) is 1. The van der Waals surface area contributed by atoms with Gasteiger partial charge in [0.25, 0.3) is 0 Å². The minimum absolute atomic E-state index is 0.00203. The number of hydrogen-bond donors (Lipinski definition) is 0. The molecule has 1 aromatic rings. The van der Waals surface area contributed by atoms with E-state index in [9.17, 15) is 19.7 Å². The van der Waals surface area contributed by atoms with E-state index in [-0.39, 0.29) is 18.0 Å². The van der Waals surface area contributed by atoms with Crippen LogP contribution in [0.15, 0.2) is 18.2 Å². The van der Waals surface area contributed by atoms with Gasteiger partial charge in [-0.05, 0) is 25.5 Å². The lowest BCUT2D eigenvalue weighted by atomic mass is 10.2. The monoisotopic (exact) mass is 281 g/mol. The Morgan fingerprint density at radius 1 is 1.35 bits per heavy atom. The Morgan fingerprint density at radius 3 is 2.65 bits per heavy atom. The minimum atomic E-state index is -0.639. The van der Waals surface area contributed by atoms with E-state index in [0.29, 0.717) is 5.56 Å². The molecule has 0 bridgehead atoms. The van der Waals surface area contributed by atoms with Crippen molar-refractivity contribution < 1.29 is 24.0 Å². The summed E-state index contributed by atoms with van der Waals surface area (Å²) in [4.78, 5) is 32.8. The third-order valence-electron chi connectivity index (χ3n) is 2.35. The Balaban J connectivity index is 2.64. The average Bonchev–Trinajstić information content (AvgIpc) is 2.37. The van der Waals surface area contributed by atoms with Crippen LogP contribution in [0.25, 0.3) is 0 Å². The molecule has 0 saturated heterocycles. The Bertz CT molecular complexity index is 526. The Hall–Kier alpha value is -2.44. The van der Waals surface area contributed by atoms with Crippen molar-refractivity contribution in [2.24, 2.45) is 0 Å². The second kappa shape index (κ2) is 7.22. The van der Waals surface area contributed by atoms with Crippen LogP contribution in [-0.2, 0) is 14.3 Å². The van der Waals surface area contributed by atoms with Gasteiger partial charge in [0, 0.05) is 6.07 Å². The SMILES string of the molecule is CCOC(=O)CC(=O)COc1ccc(C)cc1[N+](=O)[O-]. The first-order chi connectivity index (χ1) is 9.43.